The monoisotopic (exact) mass is 464 g/mol. The zero-order valence-corrected chi connectivity index (χ0v) is 19.6. The van der Waals surface area contributed by atoms with Gasteiger partial charge in [0.05, 0.1) is 36.6 Å². The maximum absolute atomic E-state index is 13.7. The molecule has 0 aliphatic carbocycles. The Morgan fingerprint density at radius 2 is 1.70 bits per heavy atom. The minimum Gasteiger partial charge on any atom is -0.469 e. The molecule has 0 N–H and O–H groups in total. The van der Waals surface area contributed by atoms with Gasteiger partial charge in [0.15, 0.2) is 0 Å². The Kier molecular flexibility index (Phi) is 7.75. The molecule has 2 heterocycles. The summed E-state index contributed by atoms with van der Waals surface area (Å²) in [6.45, 7) is 3.67. The van der Waals surface area contributed by atoms with E-state index >= 15 is 0 Å². The van der Waals surface area contributed by atoms with Crippen LogP contribution in [-0.4, -0.2) is 56.7 Å². The minimum atomic E-state index is -0.328. The Labute approximate surface area is 198 Å². The van der Waals surface area contributed by atoms with Crippen molar-refractivity contribution in [3.63, 3.8) is 0 Å². The Balaban J connectivity index is 1.65. The SMILES string of the molecule is COC(=O)CCN(Cc1ccccc1)C(=O)c1cc(-c2ccccc2)c(N2CCOCC2)s1. The number of esters is 1. The molecular formula is C26H28N2O4S. The Hall–Kier alpha value is -3.16. The summed E-state index contributed by atoms with van der Waals surface area (Å²) >= 11 is 1.51. The molecule has 1 aromatic heterocycles. The van der Waals surface area contributed by atoms with Gasteiger partial charge in [0, 0.05) is 31.7 Å². The lowest BCUT2D eigenvalue weighted by Gasteiger charge is -2.28. The van der Waals surface area contributed by atoms with E-state index in [0.29, 0.717) is 31.2 Å². The first-order chi connectivity index (χ1) is 16.2. The number of nitrogens with zero attached hydrogens (tertiary/aromatic N) is 2. The summed E-state index contributed by atoms with van der Waals surface area (Å²) < 4.78 is 10.3. The zero-order valence-electron chi connectivity index (χ0n) is 18.7. The van der Waals surface area contributed by atoms with Crippen molar-refractivity contribution in [1.82, 2.24) is 4.90 Å². The van der Waals surface area contributed by atoms with Crippen LogP contribution in [0.4, 0.5) is 5.00 Å². The Morgan fingerprint density at radius 1 is 1.03 bits per heavy atom. The molecule has 1 amide bonds. The van der Waals surface area contributed by atoms with E-state index in [4.69, 9.17) is 9.47 Å². The standard InChI is InChI=1S/C26H28N2O4S/c1-31-24(29)12-13-28(19-20-8-4-2-5-9-20)25(30)23-18-22(21-10-6-3-7-11-21)26(33-23)27-14-16-32-17-15-27/h2-11,18H,12-17,19H2,1H3. The Morgan fingerprint density at radius 3 is 2.36 bits per heavy atom. The van der Waals surface area contributed by atoms with E-state index < -0.39 is 0 Å². The van der Waals surface area contributed by atoms with Crippen LogP contribution in [0.1, 0.15) is 21.7 Å². The van der Waals surface area contributed by atoms with Crippen LogP contribution in [0.5, 0.6) is 0 Å². The fraction of sp³-hybridized carbons (Fsp3) is 0.308. The van der Waals surface area contributed by atoms with E-state index in [2.05, 4.69) is 17.0 Å². The number of carbonyl (C=O) groups is 2. The van der Waals surface area contributed by atoms with E-state index in [0.717, 1.165) is 34.8 Å². The molecule has 0 atom stereocenters. The first-order valence-corrected chi connectivity index (χ1v) is 11.9. The van der Waals surface area contributed by atoms with Gasteiger partial charge in [0.25, 0.3) is 5.91 Å². The van der Waals surface area contributed by atoms with Crippen LogP contribution < -0.4 is 4.90 Å². The van der Waals surface area contributed by atoms with Crippen molar-refractivity contribution in [2.45, 2.75) is 13.0 Å². The lowest BCUT2D eigenvalue weighted by atomic mass is 10.1. The third kappa shape index (κ3) is 5.80. The molecule has 0 radical (unpaired) electrons. The number of thiophene rings is 1. The van der Waals surface area contributed by atoms with E-state index in [1.807, 2.05) is 54.6 Å². The topological polar surface area (TPSA) is 59.1 Å². The van der Waals surface area contributed by atoms with Crippen LogP contribution >= 0.6 is 11.3 Å². The highest BCUT2D eigenvalue weighted by Crippen LogP contribution is 2.40. The summed E-state index contributed by atoms with van der Waals surface area (Å²) in [5, 5.41) is 1.08. The third-order valence-corrected chi connectivity index (χ3v) is 6.81. The second kappa shape index (κ2) is 11.1. The van der Waals surface area contributed by atoms with E-state index in [9.17, 15) is 9.59 Å². The van der Waals surface area contributed by atoms with Crippen LogP contribution in [0.2, 0.25) is 0 Å². The summed E-state index contributed by atoms with van der Waals surface area (Å²) in [5.74, 6) is -0.407. The molecule has 4 rings (SSSR count). The second-order valence-electron chi connectivity index (χ2n) is 7.83. The fourth-order valence-corrected chi connectivity index (χ4v) is 5.05. The number of amides is 1. The molecule has 0 bridgehead atoms. The molecule has 3 aromatic rings. The molecule has 1 aliphatic rings. The number of carbonyl (C=O) groups excluding carboxylic acids is 2. The number of methoxy groups -OCH3 is 1. The van der Waals surface area contributed by atoms with Crippen molar-refractivity contribution in [2.24, 2.45) is 0 Å². The number of benzene rings is 2. The number of hydrogen-bond acceptors (Lipinski definition) is 6. The van der Waals surface area contributed by atoms with Crippen molar-refractivity contribution in [1.29, 1.82) is 0 Å². The molecule has 7 heteroatoms. The highest BCUT2D eigenvalue weighted by molar-refractivity contribution is 7.18. The average molecular weight is 465 g/mol. The quantitative estimate of drug-likeness (QED) is 0.461. The Bertz CT molecular complexity index is 1060. The average Bonchev–Trinajstić information content (AvgIpc) is 3.33. The summed E-state index contributed by atoms with van der Waals surface area (Å²) in [4.78, 5) is 30.2. The maximum atomic E-state index is 13.7. The van der Waals surface area contributed by atoms with Gasteiger partial charge in [-0.25, -0.2) is 0 Å². The third-order valence-electron chi connectivity index (χ3n) is 5.62. The van der Waals surface area contributed by atoms with Crippen molar-refractivity contribution < 1.29 is 19.1 Å². The zero-order chi connectivity index (χ0) is 23.0. The molecule has 2 aromatic carbocycles. The molecule has 6 nitrogen and oxygen atoms in total. The molecular weight excluding hydrogens is 436 g/mol. The molecule has 1 fully saturated rings. The van der Waals surface area contributed by atoms with Gasteiger partial charge in [-0.15, -0.1) is 11.3 Å². The van der Waals surface area contributed by atoms with Gasteiger partial charge in [-0.05, 0) is 17.2 Å². The molecule has 0 unspecified atom stereocenters. The predicted molar refractivity (Wildman–Crippen MR) is 131 cm³/mol. The molecule has 1 aliphatic heterocycles. The number of ether oxygens (including phenoxy) is 2. The fourth-order valence-electron chi connectivity index (χ4n) is 3.85. The van der Waals surface area contributed by atoms with Gasteiger partial charge >= 0.3 is 5.97 Å². The lowest BCUT2D eigenvalue weighted by molar-refractivity contribution is -0.140. The van der Waals surface area contributed by atoms with Crippen LogP contribution in [0.25, 0.3) is 11.1 Å². The number of anilines is 1. The minimum absolute atomic E-state index is 0.0792. The van der Waals surface area contributed by atoms with E-state index in [1.165, 1.54) is 18.4 Å². The van der Waals surface area contributed by atoms with Gasteiger partial charge in [-0.2, -0.15) is 0 Å². The highest BCUT2D eigenvalue weighted by atomic mass is 32.1. The van der Waals surface area contributed by atoms with Gasteiger partial charge in [-0.3, -0.25) is 9.59 Å². The van der Waals surface area contributed by atoms with Gasteiger partial charge in [0.2, 0.25) is 0 Å². The first-order valence-electron chi connectivity index (χ1n) is 11.1. The molecule has 0 saturated carbocycles. The normalized spacial score (nSPS) is 13.5. The highest BCUT2D eigenvalue weighted by Gasteiger charge is 2.25. The summed E-state index contributed by atoms with van der Waals surface area (Å²) in [6, 6.07) is 22.0. The summed E-state index contributed by atoms with van der Waals surface area (Å²) in [6.07, 6.45) is 0.155. The largest absolute Gasteiger partial charge is 0.469 e. The number of rotatable bonds is 8. The molecule has 1 saturated heterocycles. The van der Waals surface area contributed by atoms with Crippen molar-refractivity contribution >= 4 is 28.2 Å². The van der Waals surface area contributed by atoms with Gasteiger partial charge in [-0.1, -0.05) is 60.7 Å². The summed E-state index contributed by atoms with van der Waals surface area (Å²) in [7, 11) is 1.37. The summed E-state index contributed by atoms with van der Waals surface area (Å²) in [5.41, 5.74) is 3.15. The molecule has 172 valence electrons. The smallest absolute Gasteiger partial charge is 0.307 e. The van der Waals surface area contributed by atoms with Crippen molar-refractivity contribution in [3.8, 4) is 11.1 Å². The van der Waals surface area contributed by atoms with Crippen LogP contribution in [0, 0.1) is 0 Å². The number of hydrogen-bond donors (Lipinski definition) is 0. The van der Waals surface area contributed by atoms with Crippen molar-refractivity contribution in [3.05, 3.63) is 77.2 Å². The first kappa shape index (κ1) is 23.0. The van der Waals surface area contributed by atoms with Gasteiger partial charge < -0.3 is 19.3 Å². The molecule has 0 spiro atoms. The second-order valence-corrected chi connectivity index (χ2v) is 8.86. The van der Waals surface area contributed by atoms with Crippen LogP contribution in [-0.2, 0) is 20.8 Å². The predicted octanol–water partition coefficient (Wildman–Crippen LogP) is 4.46. The van der Waals surface area contributed by atoms with E-state index in [-0.39, 0.29) is 18.3 Å². The molecule has 33 heavy (non-hydrogen) atoms. The van der Waals surface area contributed by atoms with Crippen LogP contribution in [0.3, 0.4) is 0 Å². The van der Waals surface area contributed by atoms with Gasteiger partial charge in [0.1, 0.15) is 0 Å². The number of morpholine rings is 1. The maximum Gasteiger partial charge on any atom is 0.307 e. The van der Waals surface area contributed by atoms with Crippen molar-refractivity contribution in [2.75, 3.05) is 44.9 Å². The lowest BCUT2D eigenvalue weighted by Crippen LogP contribution is -2.36. The van der Waals surface area contributed by atoms with Crippen LogP contribution in [0.15, 0.2) is 66.7 Å². The van der Waals surface area contributed by atoms with E-state index in [1.54, 1.807) is 4.90 Å².